The standard InChI is InChI=1S/C20H32N2O2/c1-5-24-19(23)11-6-15-12-17(21)14-22(13-15)18-9-7-16(8-10-18)20(2,3)4/h7-10,15,17H,5-6,11-14,21H2,1-4H3. The van der Waals surface area contributed by atoms with Crippen LogP contribution in [-0.2, 0) is 14.9 Å². The Balaban J connectivity index is 1.98. The zero-order valence-electron chi connectivity index (χ0n) is 15.5. The largest absolute Gasteiger partial charge is 0.466 e. The lowest BCUT2D eigenvalue weighted by Gasteiger charge is -2.38. The van der Waals surface area contributed by atoms with E-state index in [1.165, 1.54) is 11.3 Å². The fourth-order valence-electron chi connectivity index (χ4n) is 3.39. The van der Waals surface area contributed by atoms with Crippen molar-refractivity contribution >= 4 is 11.7 Å². The van der Waals surface area contributed by atoms with Gasteiger partial charge in [-0.1, -0.05) is 32.9 Å². The van der Waals surface area contributed by atoms with Gasteiger partial charge < -0.3 is 15.4 Å². The molecule has 0 radical (unpaired) electrons. The lowest BCUT2D eigenvalue weighted by atomic mass is 9.86. The van der Waals surface area contributed by atoms with Crippen LogP contribution in [0, 0.1) is 5.92 Å². The molecular formula is C20H32N2O2. The van der Waals surface area contributed by atoms with Crippen LogP contribution in [-0.4, -0.2) is 31.7 Å². The van der Waals surface area contributed by atoms with E-state index in [9.17, 15) is 4.79 Å². The number of carbonyl (C=O) groups excluding carboxylic acids is 1. The fourth-order valence-corrected chi connectivity index (χ4v) is 3.39. The van der Waals surface area contributed by atoms with E-state index in [0.717, 1.165) is 25.9 Å². The van der Waals surface area contributed by atoms with Gasteiger partial charge in [-0.2, -0.15) is 0 Å². The highest BCUT2D eigenvalue weighted by Gasteiger charge is 2.26. The van der Waals surface area contributed by atoms with E-state index in [2.05, 4.69) is 49.9 Å². The van der Waals surface area contributed by atoms with E-state index in [-0.39, 0.29) is 17.4 Å². The molecule has 1 aliphatic heterocycles. The first-order valence-electron chi connectivity index (χ1n) is 9.06. The van der Waals surface area contributed by atoms with Gasteiger partial charge in [-0.3, -0.25) is 4.79 Å². The Kier molecular flexibility index (Phi) is 6.27. The molecule has 134 valence electrons. The zero-order valence-corrected chi connectivity index (χ0v) is 15.5. The summed E-state index contributed by atoms with van der Waals surface area (Å²) in [6.45, 7) is 10.8. The summed E-state index contributed by atoms with van der Waals surface area (Å²) in [4.78, 5) is 13.9. The van der Waals surface area contributed by atoms with E-state index in [4.69, 9.17) is 10.5 Å². The van der Waals surface area contributed by atoms with Crippen molar-refractivity contribution in [2.24, 2.45) is 11.7 Å². The van der Waals surface area contributed by atoms with Gasteiger partial charge in [-0.25, -0.2) is 0 Å². The summed E-state index contributed by atoms with van der Waals surface area (Å²) < 4.78 is 5.03. The van der Waals surface area contributed by atoms with Gasteiger partial charge >= 0.3 is 5.97 Å². The van der Waals surface area contributed by atoms with Crippen LogP contribution >= 0.6 is 0 Å². The summed E-state index contributed by atoms with van der Waals surface area (Å²) in [6, 6.07) is 8.97. The van der Waals surface area contributed by atoms with Gasteiger partial charge in [-0.05, 0) is 48.8 Å². The second-order valence-corrected chi connectivity index (χ2v) is 7.91. The number of nitrogens with two attached hydrogens (primary N) is 1. The highest BCUT2D eigenvalue weighted by Crippen LogP contribution is 2.28. The van der Waals surface area contributed by atoms with Gasteiger partial charge in [0, 0.05) is 31.2 Å². The third-order valence-electron chi connectivity index (χ3n) is 4.73. The highest BCUT2D eigenvalue weighted by atomic mass is 16.5. The molecular weight excluding hydrogens is 300 g/mol. The predicted octanol–water partition coefficient (Wildman–Crippen LogP) is 3.48. The molecule has 0 saturated carbocycles. The van der Waals surface area contributed by atoms with Gasteiger partial charge in [-0.15, -0.1) is 0 Å². The van der Waals surface area contributed by atoms with Crippen LogP contribution in [0.5, 0.6) is 0 Å². The lowest BCUT2D eigenvalue weighted by Crippen LogP contribution is -2.47. The van der Waals surface area contributed by atoms with Crippen molar-refractivity contribution in [3.05, 3.63) is 29.8 Å². The topological polar surface area (TPSA) is 55.6 Å². The van der Waals surface area contributed by atoms with Crippen LogP contribution in [0.1, 0.15) is 52.5 Å². The number of anilines is 1. The molecule has 2 unspecified atom stereocenters. The fraction of sp³-hybridized carbons (Fsp3) is 0.650. The van der Waals surface area contributed by atoms with Crippen LogP contribution < -0.4 is 10.6 Å². The van der Waals surface area contributed by atoms with Gasteiger partial charge in [0.15, 0.2) is 0 Å². The molecule has 0 spiro atoms. The molecule has 0 bridgehead atoms. The van der Waals surface area contributed by atoms with Crippen LogP contribution in [0.4, 0.5) is 5.69 Å². The molecule has 2 N–H and O–H groups in total. The third-order valence-corrected chi connectivity index (χ3v) is 4.73. The number of nitrogens with zero attached hydrogens (tertiary/aromatic N) is 1. The Bertz CT molecular complexity index is 534. The van der Waals surface area contributed by atoms with Crippen LogP contribution in [0.2, 0.25) is 0 Å². The molecule has 4 heteroatoms. The number of carbonyl (C=O) groups is 1. The van der Waals surface area contributed by atoms with Crippen molar-refractivity contribution in [2.45, 2.75) is 58.4 Å². The Morgan fingerprint density at radius 1 is 1.25 bits per heavy atom. The highest BCUT2D eigenvalue weighted by molar-refractivity contribution is 5.69. The number of hydrogen-bond donors (Lipinski definition) is 1. The molecule has 24 heavy (non-hydrogen) atoms. The number of ether oxygens (including phenoxy) is 1. The molecule has 1 fully saturated rings. The van der Waals surface area contributed by atoms with Gasteiger partial charge in [0.05, 0.1) is 6.61 Å². The molecule has 2 rings (SSSR count). The molecule has 0 aromatic heterocycles. The van der Waals surface area contributed by atoms with Gasteiger partial charge in [0.25, 0.3) is 0 Å². The summed E-state index contributed by atoms with van der Waals surface area (Å²) in [6.07, 6.45) is 2.32. The monoisotopic (exact) mass is 332 g/mol. The zero-order chi connectivity index (χ0) is 17.7. The van der Waals surface area contributed by atoms with Crippen molar-refractivity contribution in [3.8, 4) is 0 Å². The maximum Gasteiger partial charge on any atom is 0.305 e. The van der Waals surface area contributed by atoms with Gasteiger partial charge in [0.2, 0.25) is 0 Å². The normalized spacial score (nSPS) is 21.6. The minimum Gasteiger partial charge on any atom is -0.466 e. The number of rotatable bonds is 5. The summed E-state index contributed by atoms with van der Waals surface area (Å²) in [7, 11) is 0. The summed E-state index contributed by atoms with van der Waals surface area (Å²) >= 11 is 0. The number of esters is 1. The Morgan fingerprint density at radius 2 is 1.92 bits per heavy atom. The van der Waals surface area contributed by atoms with E-state index in [0.29, 0.717) is 18.9 Å². The van der Waals surface area contributed by atoms with Crippen molar-refractivity contribution in [3.63, 3.8) is 0 Å². The molecule has 4 nitrogen and oxygen atoms in total. The summed E-state index contributed by atoms with van der Waals surface area (Å²) in [5, 5.41) is 0. The molecule has 2 atom stereocenters. The molecule has 0 aliphatic carbocycles. The average molecular weight is 332 g/mol. The summed E-state index contributed by atoms with van der Waals surface area (Å²) in [5.74, 6) is 0.346. The number of hydrogen-bond acceptors (Lipinski definition) is 4. The molecule has 1 saturated heterocycles. The minimum atomic E-state index is -0.0993. The third kappa shape index (κ3) is 5.23. The SMILES string of the molecule is CCOC(=O)CCC1CC(N)CN(c2ccc(C(C)(C)C)cc2)C1. The maximum absolute atomic E-state index is 11.6. The van der Waals surface area contributed by atoms with Crippen LogP contribution in [0.3, 0.4) is 0 Å². The van der Waals surface area contributed by atoms with E-state index < -0.39 is 0 Å². The van der Waals surface area contributed by atoms with E-state index in [1.54, 1.807) is 0 Å². The Labute approximate surface area is 146 Å². The maximum atomic E-state index is 11.6. The quantitative estimate of drug-likeness (QED) is 0.839. The van der Waals surface area contributed by atoms with E-state index >= 15 is 0 Å². The molecule has 1 aromatic rings. The molecule has 1 heterocycles. The Hall–Kier alpha value is -1.55. The first kappa shape index (κ1) is 18.8. The van der Waals surface area contributed by atoms with Crippen molar-refractivity contribution in [1.82, 2.24) is 0 Å². The Morgan fingerprint density at radius 3 is 2.50 bits per heavy atom. The second kappa shape index (κ2) is 8.02. The number of benzene rings is 1. The molecule has 1 aliphatic rings. The second-order valence-electron chi connectivity index (χ2n) is 7.91. The average Bonchev–Trinajstić information content (AvgIpc) is 2.52. The molecule has 1 aromatic carbocycles. The first-order valence-corrected chi connectivity index (χ1v) is 9.06. The molecule has 0 amide bonds. The smallest absolute Gasteiger partial charge is 0.305 e. The number of piperidine rings is 1. The van der Waals surface area contributed by atoms with E-state index in [1.807, 2.05) is 6.92 Å². The predicted molar refractivity (Wildman–Crippen MR) is 99.3 cm³/mol. The van der Waals surface area contributed by atoms with Crippen molar-refractivity contribution in [2.75, 3.05) is 24.6 Å². The van der Waals surface area contributed by atoms with Crippen molar-refractivity contribution < 1.29 is 9.53 Å². The van der Waals surface area contributed by atoms with Gasteiger partial charge in [0.1, 0.15) is 0 Å². The minimum absolute atomic E-state index is 0.0993. The van der Waals surface area contributed by atoms with Crippen molar-refractivity contribution in [1.29, 1.82) is 0 Å². The van der Waals surface area contributed by atoms with Crippen LogP contribution in [0.15, 0.2) is 24.3 Å². The van der Waals surface area contributed by atoms with Crippen LogP contribution in [0.25, 0.3) is 0 Å². The lowest BCUT2D eigenvalue weighted by molar-refractivity contribution is -0.143. The first-order chi connectivity index (χ1) is 11.3. The summed E-state index contributed by atoms with van der Waals surface area (Å²) in [5.41, 5.74) is 8.99.